The third-order valence-corrected chi connectivity index (χ3v) is 4.29. The lowest BCUT2D eigenvalue weighted by atomic mass is 10.0. The Labute approximate surface area is 158 Å². The molecule has 2 nitrogen and oxygen atoms in total. The smallest absolute Gasteiger partial charge is 0.108 e. The fourth-order valence-corrected chi connectivity index (χ4v) is 3.01. The van der Waals surface area contributed by atoms with Gasteiger partial charge in [-0.3, -0.25) is 0 Å². The van der Waals surface area contributed by atoms with Gasteiger partial charge in [0.15, 0.2) is 0 Å². The molecular formula is C22H32ClNO. The SMILES string of the molecule is C=C/C=C(\C=C/C)C(OCCN1CCCC1)c1ccc(Cl)cc1.CC. The molecule has 138 valence electrons. The van der Waals surface area contributed by atoms with Crippen LogP contribution in [0.5, 0.6) is 0 Å². The molecule has 0 amide bonds. The number of nitrogens with zero attached hydrogens (tertiary/aromatic N) is 1. The lowest BCUT2D eigenvalue weighted by Gasteiger charge is -2.22. The summed E-state index contributed by atoms with van der Waals surface area (Å²) in [5, 5.41) is 0.741. The normalized spacial score (nSPS) is 16.6. The van der Waals surface area contributed by atoms with Crippen LogP contribution in [0.1, 0.15) is 45.3 Å². The van der Waals surface area contributed by atoms with Crippen molar-refractivity contribution in [1.29, 1.82) is 0 Å². The molecule has 1 fully saturated rings. The van der Waals surface area contributed by atoms with Crippen LogP contribution < -0.4 is 0 Å². The second-order valence-electron chi connectivity index (χ2n) is 5.75. The van der Waals surface area contributed by atoms with E-state index in [0.29, 0.717) is 0 Å². The van der Waals surface area contributed by atoms with Gasteiger partial charge < -0.3 is 9.64 Å². The van der Waals surface area contributed by atoms with Crippen molar-refractivity contribution >= 4 is 11.6 Å². The van der Waals surface area contributed by atoms with Gasteiger partial charge in [-0.25, -0.2) is 0 Å². The minimum Gasteiger partial charge on any atom is -0.367 e. The summed E-state index contributed by atoms with van der Waals surface area (Å²) in [4.78, 5) is 2.46. The molecule has 1 aliphatic rings. The maximum Gasteiger partial charge on any atom is 0.108 e. The molecule has 3 heteroatoms. The molecular weight excluding hydrogens is 330 g/mol. The van der Waals surface area contributed by atoms with Crippen LogP contribution in [-0.4, -0.2) is 31.1 Å². The molecule has 1 unspecified atom stereocenters. The van der Waals surface area contributed by atoms with E-state index in [4.69, 9.17) is 16.3 Å². The third kappa shape index (κ3) is 7.60. The fraction of sp³-hybridized carbons (Fsp3) is 0.455. The highest BCUT2D eigenvalue weighted by Crippen LogP contribution is 2.28. The molecule has 1 aromatic carbocycles. The first kappa shape index (κ1) is 21.7. The van der Waals surface area contributed by atoms with Crippen molar-refractivity contribution < 1.29 is 4.74 Å². The molecule has 0 aliphatic carbocycles. The molecule has 0 saturated carbocycles. The number of hydrogen-bond donors (Lipinski definition) is 0. The lowest BCUT2D eigenvalue weighted by molar-refractivity contribution is 0.0640. The van der Waals surface area contributed by atoms with Gasteiger partial charge in [0.05, 0.1) is 6.61 Å². The van der Waals surface area contributed by atoms with E-state index in [2.05, 4.69) is 17.6 Å². The molecule has 1 atom stereocenters. The summed E-state index contributed by atoms with van der Waals surface area (Å²) in [6.45, 7) is 13.9. The van der Waals surface area contributed by atoms with Gasteiger partial charge in [0.25, 0.3) is 0 Å². The topological polar surface area (TPSA) is 12.5 Å². The lowest BCUT2D eigenvalue weighted by Crippen LogP contribution is -2.25. The predicted octanol–water partition coefficient (Wildman–Crippen LogP) is 6.21. The molecule has 0 spiro atoms. The highest BCUT2D eigenvalue weighted by atomic mass is 35.5. The Bertz CT molecular complexity index is 542. The van der Waals surface area contributed by atoms with Crippen molar-refractivity contribution in [3.8, 4) is 0 Å². The monoisotopic (exact) mass is 361 g/mol. The van der Waals surface area contributed by atoms with E-state index < -0.39 is 0 Å². The summed E-state index contributed by atoms with van der Waals surface area (Å²) >= 11 is 6.02. The Morgan fingerprint density at radius 2 is 1.88 bits per heavy atom. The van der Waals surface area contributed by atoms with Crippen LogP contribution in [0.3, 0.4) is 0 Å². The summed E-state index contributed by atoms with van der Waals surface area (Å²) in [6, 6.07) is 7.89. The number of benzene rings is 1. The minimum absolute atomic E-state index is 0.0935. The average molecular weight is 362 g/mol. The molecule has 0 N–H and O–H groups in total. The molecule has 0 radical (unpaired) electrons. The van der Waals surface area contributed by atoms with Gasteiger partial charge in [0.1, 0.15) is 6.10 Å². The van der Waals surface area contributed by atoms with Crippen molar-refractivity contribution in [2.24, 2.45) is 0 Å². The maximum absolute atomic E-state index is 6.25. The van der Waals surface area contributed by atoms with Crippen LogP contribution in [0.4, 0.5) is 0 Å². The highest BCUT2D eigenvalue weighted by Gasteiger charge is 2.17. The molecule has 1 heterocycles. The van der Waals surface area contributed by atoms with Crippen molar-refractivity contribution in [3.63, 3.8) is 0 Å². The number of ether oxygens (including phenoxy) is 1. The van der Waals surface area contributed by atoms with E-state index in [1.54, 1.807) is 0 Å². The summed E-state index contributed by atoms with van der Waals surface area (Å²) in [5.41, 5.74) is 2.22. The number of likely N-dealkylation sites (tertiary alicyclic amines) is 1. The minimum atomic E-state index is -0.0935. The maximum atomic E-state index is 6.25. The van der Waals surface area contributed by atoms with E-state index in [1.165, 1.54) is 25.9 Å². The van der Waals surface area contributed by atoms with Gasteiger partial charge in [-0.1, -0.05) is 68.5 Å². The number of hydrogen-bond acceptors (Lipinski definition) is 2. The zero-order chi connectivity index (χ0) is 18.5. The van der Waals surface area contributed by atoms with Gasteiger partial charge in [0, 0.05) is 11.6 Å². The molecule has 25 heavy (non-hydrogen) atoms. The van der Waals surface area contributed by atoms with Crippen molar-refractivity contribution in [1.82, 2.24) is 4.90 Å². The van der Waals surface area contributed by atoms with Crippen molar-refractivity contribution in [3.05, 3.63) is 71.3 Å². The van der Waals surface area contributed by atoms with Crippen LogP contribution in [-0.2, 0) is 4.74 Å². The number of rotatable bonds is 8. The molecule has 1 aliphatic heterocycles. The van der Waals surface area contributed by atoms with Gasteiger partial charge in [-0.2, -0.15) is 0 Å². The Balaban J connectivity index is 0.00000151. The van der Waals surface area contributed by atoms with Crippen LogP contribution in [0.25, 0.3) is 0 Å². The second kappa shape index (κ2) is 12.9. The molecule has 1 aromatic rings. The average Bonchev–Trinajstić information content (AvgIpc) is 3.15. The standard InChI is InChI=1S/C20H26ClNO.C2H6/c1-3-7-17(8-4-2)20(18-9-11-19(21)12-10-18)23-16-15-22-13-5-6-14-22;1-2/h3-4,7-12,20H,1,5-6,13-16H2,2H3;1-2H3/b8-4-,17-7+;. The summed E-state index contributed by atoms with van der Waals surface area (Å²) in [7, 11) is 0. The van der Waals surface area contributed by atoms with Crippen LogP contribution in [0, 0.1) is 0 Å². The van der Waals surface area contributed by atoms with E-state index >= 15 is 0 Å². The largest absolute Gasteiger partial charge is 0.367 e. The van der Waals surface area contributed by atoms with Crippen molar-refractivity contribution in [2.75, 3.05) is 26.2 Å². The van der Waals surface area contributed by atoms with Gasteiger partial charge >= 0.3 is 0 Å². The van der Waals surface area contributed by atoms with Crippen molar-refractivity contribution in [2.45, 2.75) is 39.7 Å². The van der Waals surface area contributed by atoms with Gasteiger partial charge in [-0.15, -0.1) is 0 Å². The first-order valence-electron chi connectivity index (χ1n) is 9.29. The molecule has 0 bridgehead atoms. The Kier molecular flexibility index (Phi) is 11.2. The van der Waals surface area contributed by atoms with Crippen LogP contribution in [0.2, 0.25) is 5.02 Å². The van der Waals surface area contributed by atoms with E-state index in [0.717, 1.165) is 29.3 Å². The summed E-state index contributed by atoms with van der Waals surface area (Å²) in [5.74, 6) is 0. The fourth-order valence-electron chi connectivity index (χ4n) is 2.89. The van der Waals surface area contributed by atoms with E-state index in [-0.39, 0.29) is 6.10 Å². The highest BCUT2D eigenvalue weighted by molar-refractivity contribution is 6.30. The number of halogens is 1. The quantitative estimate of drug-likeness (QED) is 0.510. The molecule has 1 saturated heterocycles. The first-order valence-corrected chi connectivity index (χ1v) is 9.67. The van der Waals surface area contributed by atoms with E-state index in [9.17, 15) is 0 Å². The van der Waals surface area contributed by atoms with Gasteiger partial charge in [-0.05, 0) is 56.1 Å². The Morgan fingerprint density at radius 3 is 2.44 bits per heavy atom. The zero-order valence-electron chi connectivity index (χ0n) is 15.9. The van der Waals surface area contributed by atoms with Gasteiger partial charge in [0.2, 0.25) is 0 Å². The Morgan fingerprint density at radius 1 is 1.24 bits per heavy atom. The molecule has 0 aromatic heterocycles. The predicted molar refractivity (Wildman–Crippen MR) is 110 cm³/mol. The third-order valence-electron chi connectivity index (χ3n) is 4.04. The summed E-state index contributed by atoms with van der Waals surface area (Å²) < 4.78 is 6.25. The summed E-state index contributed by atoms with van der Waals surface area (Å²) in [6.07, 6.45) is 10.4. The molecule has 2 rings (SSSR count). The first-order chi connectivity index (χ1) is 12.2. The van der Waals surface area contributed by atoms with Crippen LogP contribution in [0.15, 0.2) is 60.7 Å². The number of allylic oxidation sites excluding steroid dienone is 3. The Hall–Kier alpha value is -1.35. The zero-order valence-corrected chi connectivity index (χ0v) is 16.6. The second-order valence-corrected chi connectivity index (χ2v) is 6.19. The van der Waals surface area contributed by atoms with Crippen LogP contribution >= 0.6 is 11.6 Å². The van der Waals surface area contributed by atoms with E-state index in [1.807, 2.05) is 63.3 Å².